The number of nitrogens with one attached hydrogen (secondary N) is 1. The van der Waals surface area contributed by atoms with E-state index in [-0.39, 0.29) is 22.3 Å². The third-order valence-corrected chi connectivity index (χ3v) is 2.85. The quantitative estimate of drug-likeness (QED) is 0.883. The first-order chi connectivity index (χ1) is 8.77. The maximum Gasteiger partial charge on any atom is 0.418 e. The molecule has 7 heteroatoms. The van der Waals surface area contributed by atoms with Gasteiger partial charge in [-0.1, -0.05) is 6.07 Å². The van der Waals surface area contributed by atoms with Gasteiger partial charge < -0.3 is 14.8 Å². The van der Waals surface area contributed by atoms with E-state index in [0.29, 0.717) is 5.56 Å². The minimum atomic E-state index is -4.57. The van der Waals surface area contributed by atoms with Gasteiger partial charge in [0.15, 0.2) is 0 Å². The molecule has 2 aromatic rings. The molecular weight excluding hydrogens is 263 g/mol. The number of ether oxygens (including phenoxy) is 1. The summed E-state index contributed by atoms with van der Waals surface area (Å²) in [6, 6.07) is 2.16. The van der Waals surface area contributed by atoms with Crippen molar-refractivity contribution in [3.8, 4) is 5.88 Å². The van der Waals surface area contributed by atoms with Crippen molar-refractivity contribution in [1.29, 1.82) is 0 Å². The van der Waals surface area contributed by atoms with Crippen LogP contribution in [0.1, 0.15) is 21.5 Å². The van der Waals surface area contributed by atoms with Crippen molar-refractivity contribution in [2.24, 2.45) is 0 Å². The lowest BCUT2D eigenvalue weighted by Gasteiger charge is -2.09. The van der Waals surface area contributed by atoms with E-state index in [1.165, 1.54) is 13.2 Å². The molecule has 0 spiro atoms. The van der Waals surface area contributed by atoms with Crippen molar-refractivity contribution in [1.82, 2.24) is 4.98 Å². The maximum atomic E-state index is 12.9. The van der Waals surface area contributed by atoms with Gasteiger partial charge in [-0.05, 0) is 18.6 Å². The van der Waals surface area contributed by atoms with E-state index in [4.69, 9.17) is 9.84 Å². The second kappa shape index (κ2) is 4.18. The Morgan fingerprint density at radius 3 is 2.47 bits per heavy atom. The lowest BCUT2D eigenvalue weighted by atomic mass is 10.0. The number of benzene rings is 1. The van der Waals surface area contributed by atoms with Crippen molar-refractivity contribution in [2.45, 2.75) is 13.1 Å². The van der Waals surface area contributed by atoms with Crippen LogP contribution in [0.2, 0.25) is 0 Å². The highest BCUT2D eigenvalue weighted by molar-refractivity contribution is 6.08. The molecule has 0 fully saturated rings. The summed E-state index contributed by atoms with van der Waals surface area (Å²) in [4.78, 5) is 13.6. The smallest absolute Gasteiger partial charge is 0.418 e. The molecule has 2 N–H and O–H groups in total. The fourth-order valence-electron chi connectivity index (χ4n) is 2.04. The van der Waals surface area contributed by atoms with Gasteiger partial charge in [0.2, 0.25) is 5.88 Å². The van der Waals surface area contributed by atoms with Crippen LogP contribution in [0.25, 0.3) is 10.9 Å². The number of aryl methyl sites for hydroxylation is 1. The summed E-state index contributed by atoms with van der Waals surface area (Å²) >= 11 is 0. The molecule has 102 valence electrons. The SMILES string of the molecule is COc1[nH]c2c(C(F)(F)F)ccc(C)c2c1C(=O)O. The lowest BCUT2D eigenvalue weighted by molar-refractivity contribution is -0.136. The molecule has 0 unspecified atom stereocenters. The lowest BCUT2D eigenvalue weighted by Crippen LogP contribution is -2.06. The van der Waals surface area contributed by atoms with Crippen molar-refractivity contribution in [3.05, 3.63) is 28.8 Å². The fraction of sp³-hybridized carbons (Fsp3) is 0.250. The highest BCUT2D eigenvalue weighted by Gasteiger charge is 2.35. The van der Waals surface area contributed by atoms with E-state index < -0.39 is 17.7 Å². The molecule has 1 aromatic carbocycles. The van der Waals surface area contributed by atoms with E-state index in [2.05, 4.69) is 4.98 Å². The molecule has 2 rings (SSSR count). The Bertz CT molecular complexity index is 658. The van der Waals surface area contributed by atoms with Crippen molar-refractivity contribution < 1.29 is 27.8 Å². The standard InChI is InChI=1S/C12H10F3NO3/c1-5-3-4-6(12(13,14)15)9-7(5)8(11(17)18)10(16-9)19-2/h3-4,16H,1-2H3,(H,17,18). The van der Waals surface area contributed by atoms with E-state index in [0.717, 1.165) is 6.07 Å². The van der Waals surface area contributed by atoms with Gasteiger partial charge in [-0.3, -0.25) is 0 Å². The molecule has 0 aliphatic rings. The molecule has 1 aromatic heterocycles. The number of alkyl halides is 3. The van der Waals surface area contributed by atoms with Crippen LogP contribution < -0.4 is 4.74 Å². The second-order valence-corrected chi connectivity index (χ2v) is 4.02. The predicted octanol–water partition coefficient (Wildman–Crippen LogP) is 3.20. The number of halogens is 3. The Morgan fingerprint density at radius 1 is 1.37 bits per heavy atom. The third-order valence-electron chi connectivity index (χ3n) is 2.85. The summed E-state index contributed by atoms with van der Waals surface area (Å²) in [5.74, 6) is -1.53. The summed E-state index contributed by atoms with van der Waals surface area (Å²) in [6.07, 6.45) is -4.57. The Kier molecular flexibility index (Phi) is 2.92. The Balaban J connectivity index is 2.94. The molecule has 0 radical (unpaired) electrons. The summed E-state index contributed by atoms with van der Waals surface area (Å²) < 4.78 is 43.5. The van der Waals surface area contributed by atoms with Crippen molar-refractivity contribution in [3.63, 3.8) is 0 Å². The van der Waals surface area contributed by atoms with Crippen LogP contribution in [-0.2, 0) is 6.18 Å². The zero-order valence-corrected chi connectivity index (χ0v) is 10.1. The number of H-pyrrole nitrogens is 1. The summed E-state index contributed by atoms with van der Waals surface area (Å²) in [5.41, 5.74) is -1.05. The van der Waals surface area contributed by atoms with Gasteiger partial charge in [-0.15, -0.1) is 0 Å². The molecular formula is C12H10F3NO3. The number of rotatable bonds is 2. The van der Waals surface area contributed by atoms with E-state index >= 15 is 0 Å². The molecule has 0 aliphatic carbocycles. The fourth-order valence-corrected chi connectivity index (χ4v) is 2.04. The Morgan fingerprint density at radius 2 is 2.00 bits per heavy atom. The molecule has 0 saturated heterocycles. The molecule has 0 amide bonds. The van der Waals surface area contributed by atoms with Crippen molar-refractivity contribution in [2.75, 3.05) is 7.11 Å². The maximum absolute atomic E-state index is 12.9. The summed E-state index contributed by atoms with van der Waals surface area (Å²) in [7, 11) is 1.19. The van der Waals surface area contributed by atoms with E-state index in [1.807, 2.05) is 0 Å². The van der Waals surface area contributed by atoms with Gasteiger partial charge in [0.25, 0.3) is 0 Å². The van der Waals surface area contributed by atoms with Crippen LogP contribution in [0.4, 0.5) is 13.2 Å². The second-order valence-electron chi connectivity index (χ2n) is 4.02. The van der Waals surface area contributed by atoms with Gasteiger partial charge in [0.05, 0.1) is 18.2 Å². The van der Waals surface area contributed by atoms with Gasteiger partial charge in [0, 0.05) is 5.39 Å². The molecule has 0 bridgehead atoms. The third kappa shape index (κ3) is 2.00. The van der Waals surface area contributed by atoms with Gasteiger partial charge in [0.1, 0.15) is 5.56 Å². The van der Waals surface area contributed by atoms with Gasteiger partial charge in [-0.25, -0.2) is 4.79 Å². The number of carboxylic acid groups (broad SMARTS) is 1. The zero-order chi connectivity index (χ0) is 14.4. The number of carboxylic acids is 1. The highest BCUT2D eigenvalue weighted by Crippen LogP contribution is 2.39. The molecule has 1 heterocycles. The average Bonchev–Trinajstić information content (AvgIpc) is 2.67. The summed E-state index contributed by atoms with van der Waals surface area (Å²) in [6.45, 7) is 1.54. The van der Waals surface area contributed by atoms with E-state index in [9.17, 15) is 18.0 Å². The molecule has 0 atom stereocenters. The number of methoxy groups -OCH3 is 1. The molecule has 0 saturated carbocycles. The number of carbonyl (C=O) groups is 1. The van der Waals surface area contributed by atoms with Crippen LogP contribution in [0, 0.1) is 6.92 Å². The first-order valence-electron chi connectivity index (χ1n) is 5.27. The van der Waals surface area contributed by atoms with Crippen molar-refractivity contribution >= 4 is 16.9 Å². The van der Waals surface area contributed by atoms with Crippen LogP contribution >= 0.6 is 0 Å². The first kappa shape index (κ1) is 13.3. The molecule has 0 aliphatic heterocycles. The molecule has 19 heavy (non-hydrogen) atoms. The number of aromatic nitrogens is 1. The number of fused-ring (bicyclic) bond motifs is 1. The number of hydrogen-bond acceptors (Lipinski definition) is 2. The van der Waals surface area contributed by atoms with Crippen LogP contribution in [0.5, 0.6) is 5.88 Å². The first-order valence-corrected chi connectivity index (χ1v) is 5.27. The predicted molar refractivity (Wildman–Crippen MR) is 61.5 cm³/mol. The Hall–Kier alpha value is -2.18. The van der Waals surface area contributed by atoms with Gasteiger partial charge >= 0.3 is 12.1 Å². The summed E-state index contributed by atoms with van der Waals surface area (Å²) in [5, 5.41) is 9.13. The van der Waals surface area contributed by atoms with Crippen LogP contribution in [0.3, 0.4) is 0 Å². The normalized spacial score (nSPS) is 11.8. The average molecular weight is 273 g/mol. The largest absolute Gasteiger partial charge is 0.482 e. The number of hydrogen-bond donors (Lipinski definition) is 2. The highest BCUT2D eigenvalue weighted by atomic mass is 19.4. The number of aromatic carboxylic acids is 1. The zero-order valence-electron chi connectivity index (χ0n) is 10.1. The van der Waals surface area contributed by atoms with Crippen LogP contribution in [0.15, 0.2) is 12.1 Å². The monoisotopic (exact) mass is 273 g/mol. The topological polar surface area (TPSA) is 62.3 Å². The minimum Gasteiger partial charge on any atom is -0.482 e. The number of aromatic amines is 1. The Labute approximate surface area is 105 Å². The van der Waals surface area contributed by atoms with Gasteiger partial charge in [-0.2, -0.15) is 13.2 Å². The van der Waals surface area contributed by atoms with E-state index in [1.54, 1.807) is 6.92 Å². The molecule has 4 nitrogen and oxygen atoms in total. The minimum absolute atomic E-state index is 0.0131. The van der Waals surface area contributed by atoms with Crippen LogP contribution in [-0.4, -0.2) is 23.2 Å².